The van der Waals surface area contributed by atoms with Gasteiger partial charge in [0.2, 0.25) is 5.13 Å². The molecule has 0 spiro atoms. The highest BCUT2D eigenvalue weighted by molar-refractivity contribution is 7.09. The van der Waals surface area contributed by atoms with Crippen molar-refractivity contribution >= 4 is 16.7 Å². The van der Waals surface area contributed by atoms with Gasteiger partial charge >= 0.3 is 0 Å². The van der Waals surface area contributed by atoms with E-state index in [1.807, 2.05) is 0 Å². The molecule has 0 saturated heterocycles. The van der Waals surface area contributed by atoms with Crippen molar-refractivity contribution in [2.45, 2.75) is 33.1 Å². The van der Waals surface area contributed by atoms with Crippen molar-refractivity contribution in [1.29, 1.82) is 0 Å². The summed E-state index contributed by atoms with van der Waals surface area (Å²) in [7, 11) is 0. The molecule has 0 bridgehead atoms. The van der Waals surface area contributed by atoms with Crippen LogP contribution in [0, 0.1) is 5.92 Å². The lowest BCUT2D eigenvalue weighted by Crippen LogP contribution is -2.15. The molecule has 0 aliphatic carbocycles. The molecule has 0 saturated carbocycles. The zero-order valence-corrected chi connectivity index (χ0v) is 10.5. The number of nitrogens with two attached hydrogens (primary N) is 1. The second kappa shape index (κ2) is 6.02. The van der Waals surface area contributed by atoms with Crippen molar-refractivity contribution in [1.82, 2.24) is 9.36 Å². The summed E-state index contributed by atoms with van der Waals surface area (Å²) in [4.78, 5) is 4.41. The lowest BCUT2D eigenvalue weighted by Gasteiger charge is -2.09. The van der Waals surface area contributed by atoms with Crippen LogP contribution in [0.25, 0.3) is 0 Å². The van der Waals surface area contributed by atoms with Gasteiger partial charge in [-0.15, -0.1) is 0 Å². The van der Waals surface area contributed by atoms with E-state index in [0.29, 0.717) is 11.8 Å². The minimum atomic E-state index is 0.401. The number of anilines is 1. The highest BCUT2D eigenvalue weighted by Crippen LogP contribution is 2.17. The Morgan fingerprint density at radius 1 is 1.40 bits per heavy atom. The molecule has 1 aromatic rings. The largest absolute Gasteiger partial charge is 0.360 e. The first-order valence-corrected chi connectivity index (χ1v) is 6.18. The fourth-order valence-electron chi connectivity index (χ4n) is 1.19. The maximum Gasteiger partial charge on any atom is 0.202 e. The smallest absolute Gasteiger partial charge is 0.202 e. The number of aromatic nitrogens is 2. The van der Waals surface area contributed by atoms with Gasteiger partial charge in [-0.1, -0.05) is 20.8 Å². The Balaban J connectivity index is 2.37. The van der Waals surface area contributed by atoms with Crippen LogP contribution < -0.4 is 11.1 Å². The number of hydrogen-bond acceptors (Lipinski definition) is 5. The molecule has 0 aliphatic rings. The van der Waals surface area contributed by atoms with Crippen LogP contribution in [0.5, 0.6) is 0 Å². The molecule has 0 aliphatic heterocycles. The van der Waals surface area contributed by atoms with Crippen LogP contribution in [-0.4, -0.2) is 22.4 Å². The molecule has 0 radical (unpaired) electrons. The van der Waals surface area contributed by atoms with E-state index in [2.05, 4.69) is 35.4 Å². The van der Waals surface area contributed by atoms with Gasteiger partial charge in [-0.3, -0.25) is 0 Å². The Bertz CT molecular complexity index is 285. The Labute approximate surface area is 95.5 Å². The fraction of sp³-hybridized carbons (Fsp3) is 0.800. The van der Waals surface area contributed by atoms with Crippen LogP contribution in [0.15, 0.2) is 0 Å². The van der Waals surface area contributed by atoms with E-state index >= 15 is 0 Å². The SMILES string of the molecule is CC(CCN)CNc1nc(C(C)C)ns1. The Morgan fingerprint density at radius 3 is 2.67 bits per heavy atom. The van der Waals surface area contributed by atoms with E-state index in [0.717, 1.165) is 30.5 Å². The molecular formula is C10H20N4S. The van der Waals surface area contributed by atoms with Gasteiger partial charge < -0.3 is 11.1 Å². The van der Waals surface area contributed by atoms with Crippen LogP contribution in [-0.2, 0) is 0 Å². The molecule has 3 N–H and O–H groups in total. The minimum Gasteiger partial charge on any atom is -0.360 e. The number of nitrogens with one attached hydrogen (secondary N) is 1. The van der Waals surface area contributed by atoms with E-state index in [1.165, 1.54) is 11.5 Å². The molecule has 0 fully saturated rings. The molecule has 1 aromatic heterocycles. The molecule has 4 nitrogen and oxygen atoms in total. The van der Waals surface area contributed by atoms with Gasteiger partial charge in [0.15, 0.2) is 0 Å². The maximum absolute atomic E-state index is 5.49. The molecule has 0 amide bonds. The zero-order chi connectivity index (χ0) is 11.3. The summed E-state index contributed by atoms with van der Waals surface area (Å²) in [6.07, 6.45) is 1.04. The number of rotatable bonds is 6. The summed E-state index contributed by atoms with van der Waals surface area (Å²) in [6.45, 7) is 8.05. The normalized spacial score (nSPS) is 13.1. The van der Waals surface area contributed by atoms with Crippen molar-refractivity contribution in [2.24, 2.45) is 11.7 Å². The van der Waals surface area contributed by atoms with E-state index in [4.69, 9.17) is 5.73 Å². The monoisotopic (exact) mass is 228 g/mol. The van der Waals surface area contributed by atoms with Crippen molar-refractivity contribution in [3.63, 3.8) is 0 Å². The standard InChI is InChI=1S/C10H20N4S/c1-7(2)9-13-10(15-14-9)12-6-8(3)4-5-11/h7-8H,4-6,11H2,1-3H3,(H,12,13,14). The van der Waals surface area contributed by atoms with Crippen molar-refractivity contribution < 1.29 is 0 Å². The summed E-state index contributed by atoms with van der Waals surface area (Å²) < 4.78 is 4.28. The number of hydrogen-bond donors (Lipinski definition) is 2. The second-order valence-electron chi connectivity index (χ2n) is 4.18. The molecule has 86 valence electrons. The lowest BCUT2D eigenvalue weighted by atomic mass is 10.1. The molecule has 15 heavy (non-hydrogen) atoms. The van der Waals surface area contributed by atoms with Crippen molar-refractivity contribution in [2.75, 3.05) is 18.4 Å². The highest BCUT2D eigenvalue weighted by Gasteiger charge is 2.08. The third-order valence-electron chi connectivity index (χ3n) is 2.22. The van der Waals surface area contributed by atoms with Gasteiger partial charge in [-0.2, -0.15) is 4.37 Å². The van der Waals surface area contributed by atoms with Crippen LogP contribution >= 0.6 is 11.5 Å². The predicted octanol–water partition coefficient (Wildman–Crippen LogP) is 2.06. The van der Waals surface area contributed by atoms with E-state index in [-0.39, 0.29) is 0 Å². The Kier molecular flexibility index (Phi) is 4.98. The summed E-state index contributed by atoms with van der Waals surface area (Å²) in [5.74, 6) is 1.91. The molecule has 1 atom stereocenters. The average molecular weight is 228 g/mol. The molecule has 1 unspecified atom stereocenters. The Morgan fingerprint density at radius 2 is 2.13 bits per heavy atom. The van der Waals surface area contributed by atoms with Gasteiger partial charge in [-0.05, 0) is 18.9 Å². The van der Waals surface area contributed by atoms with Gasteiger partial charge in [0, 0.05) is 24.0 Å². The summed E-state index contributed by atoms with van der Waals surface area (Å²) in [5.41, 5.74) is 5.49. The molecule has 5 heteroatoms. The molecule has 0 aromatic carbocycles. The molecule has 1 heterocycles. The molecular weight excluding hydrogens is 208 g/mol. The van der Waals surface area contributed by atoms with Gasteiger partial charge in [0.25, 0.3) is 0 Å². The van der Waals surface area contributed by atoms with Crippen molar-refractivity contribution in [3.05, 3.63) is 5.82 Å². The first-order chi connectivity index (χ1) is 7.13. The Hall–Kier alpha value is -0.680. The zero-order valence-electron chi connectivity index (χ0n) is 9.66. The third-order valence-corrected chi connectivity index (χ3v) is 2.91. The lowest BCUT2D eigenvalue weighted by molar-refractivity contribution is 0.568. The number of nitrogens with zero attached hydrogens (tertiary/aromatic N) is 2. The van der Waals surface area contributed by atoms with Crippen LogP contribution in [0.3, 0.4) is 0 Å². The van der Waals surface area contributed by atoms with Crippen LogP contribution in [0.2, 0.25) is 0 Å². The van der Waals surface area contributed by atoms with Gasteiger partial charge in [-0.25, -0.2) is 4.98 Å². The van der Waals surface area contributed by atoms with Crippen LogP contribution in [0.1, 0.15) is 38.9 Å². The average Bonchev–Trinajstić information content (AvgIpc) is 2.63. The highest BCUT2D eigenvalue weighted by atomic mass is 32.1. The summed E-state index contributed by atoms with van der Waals surface area (Å²) >= 11 is 1.43. The van der Waals surface area contributed by atoms with Crippen molar-refractivity contribution in [3.8, 4) is 0 Å². The predicted molar refractivity (Wildman–Crippen MR) is 65.3 cm³/mol. The quantitative estimate of drug-likeness (QED) is 0.782. The first-order valence-electron chi connectivity index (χ1n) is 5.41. The minimum absolute atomic E-state index is 0.401. The van der Waals surface area contributed by atoms with Crippen LogP contribution in [0.4, 0.5) is 5.13 Å². The fourth-order valence-corrected chi connectivity index (χ4v) is 1.90. The second-order valence-corrected chi connectivity index (χ2v) is 4.93. The summed E-state index contributed by atoms with van der Waals surface area (Å²) in [6, 6.07) is 0. The van der Waals surface area contributed by atoms with E-state index < -0.39 is 0 Å². The summed E-state index contributed by atoms with van der Waals surface area (Å²) in [5, 5.41) is 4.21. The molecule has 1 rings (SSSR count). The van der Waals surface area contributed by atoms with E-state index in [9.17, 15) is 0 Å². The first kappa shape index (κ1) is 12.4. The van der Waals surface area contributed by atoms with Gasteiger partial charge in [0.05, 0.1) is 0 Å². The van der Waals surface area contributed by atoms with E-state index in [1.54, 1.807) is 0 Å². The maximum atomic E-state index is 5.49. The third kappa shape index (κ3) is 4.13. The van der Waals surface area contributed by atoms with Gasteiger partial charge in [0.1, 0.15) is 5.82 Å². The topological polar surface area (TPSA) is 63.8 Å².